The summed E-state index contributed by atoms with van der Waals surface area (Å²) in [6.45, 7) is 4.58. The highest BCUT2D eigenvalue weighted by Crippen LogP contribution is 2.16. The van der Waals surface area contributed by atoms with Gasteiger partial charge in [-0.3, -0.25) is 0 Å². The third-order valence-electron chi connectivity index (χ3n) is 7.28. The molecule has 0 aliphatic heterocycles. The lowest BCUT2D eigenvalue weighted by atomic mass is 10.0. The molecule has 1 nitrogen and oxygen atoms in total. The van der Waals surface area contributed by atoms with Crippen LogP contribution >= 0.6 is 0 Å². The highest BCUT2D eigenvalue weighted by molar-refractivity contribution is 4.58. The molecule has 0 aromatic rings. The lowest BCUT2D eigenvalue weighted by Gasteiger charge is -2.10. The minimum Gasteiger partial charge on any atom is -0.393 e. The van der Waals surface area contributed by atoms with Crippen LogP contribution in [0.25, 0.3) is 0 Å². The molecule has 0 amide bonds. The fourth-order valence-electron chi connectivity index (χ4n) is 4.94. The number of hydrogen-bond donors (Lipinski definition) is 1. The molecule has 1 N–H and O–H groups in total. The molecule has 0 heterocycles. The number of unbranched alkanes of at least 4 members (excludes halogenated alkanes) is 24. The Labute approximate surface area is 204 Å². The van der Waals surface area contributed by atoms with Crippen molar-refractivity contribution in [2.24, 2.45) is 0 Å². The van der Waals surface area contributed by atoms with E-state index in [9.17, 15) is 5.11 Å². The Morgan fingerprint density at radius 2 is 0.500 bits per heavy atom. The maximum absolute atomic E-state index is 10.2. The Kier molecular flexibility index (Phi) is 29.0. The number of rotatable bonds is 28. The van der Waals surface area contributed by atoms with E-state index in [-0.39, 0.29) is 6.10 Å². The standard InChI is InChI=1S/C31H64O/c1-3-5-7-9-11-13-14-15-16-17-18-19-20-22-24-26-28-30-31(32)29-27-25-23-21-12-10-8-6-4-2/h31-32H,3-30H2,1-2H3/t31-/m1/s1. The van der Waals surface area contributed by atoms with Crippen LogP contribution in [0.2, 0.25) is 0 Å². The first-order chi connectivity index (χ1) is 15.8. The topological polar surface area (TPSA) is 20.2 Å². The zero-order chi connectivity index (χ0) is 23.4. The SMILES string of the molecule is CCCCCCCCCCCCCCCCCCC[C@H](O)CCCCCCCCCCC. The molecule has 1 heteroatoms. The highest BCUT2D eigenvalue weighted by Gasteiger charge is 2.04. The molecular weight excluding hydrogens is 388 g/mol. The summed E-state index contributed by atoms with van der Waals surface area (Å²) in [5.74, 6) is 0. The first-order valence-electron chi connectivity index (χ1n) is 15.5. The molecule has 32 heavy (non-hydrogen) atoms. The van der Waals surface area contributed by atoms with Crippen LogP contribution in [0.1, 0.15) is 194 Å². The third-order valence-corrected chi connectivity index (χ3v) is 7.28. The molecule has 0 aromatic heterocycles. The van der Waals surface area contributed by atoms with Gasteiger partial charge in [-0.05, 0) is 12.8 Å². The van der Waals surface area contributed by atoms with Crippen LogP contribution in [-0.2, 0) is 0 Å². The smallest absolute Gasteiger partial charge is 0.0540 e. The molecule has 0 unspecified atom stereocenters. The summed E-state index contributed by atoms with van der Waals surface area (Å²) in [4.78, 5) is 0. The van der Waals surface area contributed by atoms with Crippen molar-refractivity contribution in [1.29, 1.82) is 0 Å². The quantitative estimate of drug-likeness (QED) is 0.117. The van der Waals surface area contributed by atoms with Crippen LogP contribution in [-0.4, -0.2) is 11.2 Å². The van der Waals surface area contributed by atoms with Crippen LogP contribution in [0.4, 0.5) is 0 Å². The van der Waals surface area contributed by atoms with Crippen molar-refractivity contribution in [3.8, 4) is 0 Å². The van der Waals surface area contributed by atoms with Crippen LogP contribution in [0, 0.1) is 0 Å². The molecule has 0 fully saturated rings. The van der Waals surface area contributed by atoms with Crippen LogP contribution in [0.15, 0.2) is 0 Å². The molecule has 1 atom stereocenters. The van der Waals surface area contributed by atoms with Gasteiger partial charge in [-0.15, -0.1) is 0 Å². The van der Waals surface area contributed by atoms with Gasteiger partial charge in [-0.1, -0.05) is 181 Å². The summed E-state index contributed by atoms with van der Waals surface area (Å²) in [5, 5.41) is 10.2. The first-order valence-corrected chi connectivity index (χ1v) is 15.5. The second-order valence-corrected chi connectivity index (χ2v) is 10.7. The number of aliphatic hydroxyl groups excluding tert-OH is 1. The van der Waals surface area contributed by atoms with Gasteiger partial charge < -0.3 is 5.11 Å². The average Bonchev–Trinajstić information content (AvgIpc) is 2.80. The second kappa shape index (κ2) is 29.0. The van der Waals surface area contributed by atoms with Gasteiger partial charge in [-0.25, -0.2) is 0 Å². The molecule has 0 rings (SSSR count). The summed E-state index contributed by atoms with van der Waals surface area (Å²) in [6, 6.07) is 0. The van der Waals surface area contributed by atoms with Crippen molar-refractivity contribution >= 4 is 0 Å². The van der Waals surface area contributed by atoms with Gasteiger partial charge >= 0.3 is 0 Å². The minimum atomic E-state index is -0.0316. The van der Waals surface area contributed by atoms with Gasteiger partial charge in [-0.2, -0.15) is 0 Å². The van der Waals surface area contributed by atoms with Gasteiger partial charge in [0.05, 0.1) is 6.10 Å². The number of aliphatic hydroxyl groups is 1. The fourth-order valence-corrected chi connectivity index (χ4v) is 4.94. The van der Waals surface area contributed by atoms with E-state index < -0.39 is 0 Å². The normalized spacial score (nSPS) is 12.5. The summed E-state index contributed by atoms with van der Waals surface area (Å²) >= 11 is 0. The van der Waals surface area contributed by atoms with Gasteiger partial charge in [0.1, 0.15) is 0 Å². The van der Waals surface area contributed by atoms with Crippen LogP contribution < -0.4 is 0 Å². The zero-order valence-corrected chi connectivity index (χ0v) is 22.8. The van der Waals surface area contributed by atoms with E-state index in [1.165, 1.54) is 167 Å². The Morgan fingerprint density at radius 1 is 0.312 bits per heavy atom. The summed E-state index contributed by atoms with van der Waals surface area (Å²) in [5.41, 5.74) is 0. The van der Waals surface area contributed by atoms with E-state index in [2.05, 4.69) is 13.8 Å². The Balaban J connectivity index is 3.11. The van der Waals surface area contributed by atoms with Crippen LogP contribution in [0.3, 0.4) is 0 Å². The van der Waals surface area contributed by atoms with Crippen molar-refractivity contribution in [3.63, 3.8) is 0 Å². The van der Waals surface area contributed by atoms with E-state index >= 15 is 0 Å². The largest absolute Gasteiger partial charge is 0.393 e. The molecule has 0 saturated carbocycles. The maximum atomic E-state index is 10.2. The molecule has 194 valence electrons. The molecule has 0 aliphatic rings. The first kappa shape index (κ1) is 32.0. The molecule has 0 radical (unpaired) electrons. The average molecular weight is 453 g/mol. The van der Waals surface area contributed by atoms with Crippen LogP contribution in [0.5, 0.6) is 0 Å². The molecule has 0 aromatic carbocycles. The lowest BCUT2D eigenvalue weighted by molar-refractivity contribution is 0.147. The third kappa shape index (κ3) is 28.0. The van der Waals surface area contributed by atoms with Crippen molar-refractivity contribution in [2.75, 3.05) is 0 Å². The van der Waals surface area contributed by atoms with E-state index in [0.29, 0.717) is 0 Å². The summed E-state index contributed by atoms with van der Waals surface area (Å²) in [6.07, 6.45) is 38.6. The maximum Gasteiger partial charge on any atom is 0.0540 e. The van der Waals surface area contributed by atoms with Gasteiger partial charge in [0.25, 0.3) is 0 Å². The van der Waals surface area contributed by atoms with Gasteiger partial charge in [0.15, 0.2) is 0 Å². The summed E-state index contributed by atoms with van der Waals surface area (Å²) < 4.78 is 0. The second-order valence-electron chi connectivity index (χ2n) is 10.7. The van der Waals surface area contributed by atoms with E-state index in [1.807, 2.05) is 0 Å². The Morgan fingerprint density at radius 3 is 0.719 bits per heavy atom. The van der Waals surface area contributed by atoms with Crippen molar-refractivity contribution in [1.82, 2.24) is 0 Å². The predicted octanol–water partition coefficient (Wildman–Crippen LogP) is 11.3. The van der Waals surface area contributed by atoms with E-state index in [1.54, 1.807) is 0 Å². The molecule has 0 aliphatic carbocycles. The Hall–Kier alpha value is -0.0400. The van der Waals surface area contributed by atoms with E-state index in [0.717, 1.165) is 12.8 Å². The molecule has 0 bridgehead atoms. The van der Waals surface area contributed by atoms with Gasteiger partial charge in [0.2, 0.25) is 0 Å². The highest BCUT2D eigenvalue weighted by atomic mass is 16.3. The monoisotopic (exact) mass is 452 g/mol. The van der Waals surface area contributed by atoms with Crippen molar-refractivity contribution in [2.45, 2.75) is 200 Å². The Bertz CT molecular complexity index is 314. The fraction of sp³-hybridized carbons (Fsp3) is 1.00. The van der Waals surface area contributed by atoms with E-state index in [4.69, 9.17) is 0 Å². The van der Waals surface area contributed by atoms with Crippen molar-refractivity contribution in [3.05, 3.63) is 0 Å². The lowest BCUT2D eigenvalue weighted by Crippen LogP contribution is -2.05. The predicted molar refractivity (Wildman–Crippen MR) is 147 cm³/mol. The number of hydrogen-bond acceptors (Lipinski definition) is 1. The molecular formula is C31H64O. The molecule has 0 spiro atoms. The zero-order valence-electron chi connectivity index (χ0n) is 22.8. The van der Waals surface area contributed by atoms with Crippen molar-refractivity contribution < 1.29 is 5.11 Å². The molecule has 0 saturated heterocycles. The van der Waals surface area contributed by atoms with Gasteiger partial charge in [0, 0.05) is 0 Å². The minimum absolute atomic E-state index is 0.0316. The summed E-state index contributed by atoms with van der Waals surface area (Å²) in [7, 11) is 0.